The number of aromatic nitrogens is 2. The molecule has 1 N–H and O–H groups in total. The molecule has 0 bridgehead atoms. The first-order valence-electron chi connectivity index (χ1n) is 6.24. The second-order valence-electron chi connectivity index (χ2n) is 4.41. The summed E-state index contributed by atoms with van der Waals surface area (Å²) in [4.78, 5) is 13.7. The van der Waals surface area contributed by atoms with Crippen molar-refractivity contribution in [1.82, 2.24) is 15.1 Å². The average molecular weight is 338 g/mol. The minimum Gasteiger partial charge on any atom is -0.346 e. The SMILES string of the molecule is Cn1nc(-c2cccs2)cc1CNC(=O)c1ccc(Cl)s1. The molecular formula is C14H12ClN3OS2. The summed E-state index contributed by atoms with van der Waals surface area (Å²) in [7, 11) is 1.88. The molecule has 0 radical (unpaired) electrons. The van der Waals surface area contributed by atoms with Crippen LogP contribution in [0.15, 0.2) is 35.7 Å². The highest BCUT2D eigenvalue weighted by molar-refractivity contribution is 7.18. The number of thiophene rings is 2. The highest BCUT2D eigenvalue weighted by Gasteiger charge is 2.11. The van der Waals surface area contributed by atoms with E-state index in [9.17, 15) is 4.79 Å². The first-order chi connectivity index (χ1) is 10.1. The van der Waals surface area contributed by atoms with Crippen molar-refractivity contribution >= 4 is 40.2 Å². The van der Waals surface area contributed by atoms with Crippen molar-refractivity contribution in [3.05, 3.63) is 50.6 Å². The second-order valence-corrected chi connectivity index (χ2v) is 7.07. The normalized spacial score (nSPS) is 10.8. The van der Waals surface area contributed by atoms with Gasteiger partial charge in [-0.25, -0.2) is 0 Å². The number of aryl methyl sites for hydroxylation is 1. The smallest absolute Gasteiger partial charge is 0.261 e. The first-order valence-corrected chi connectivity index (χ1v) is 8.31. The Hall–Kier alpha value is -1.63. The number of hydrogen-bond acceptors (Lipinski definition) is 4. The summed E-state index contributed by atoms with van der Waals surface area (Å²) in [5, 5.41) is 9.37. The van der Waals surface area contributed by atoms with Crippen molar-refractivity contribution in [3.63, 3.8) is 0 Å². The van der Waals surface area contributed by atoms with E-state index in [4.69, 9.17) is 11.6 Å². The number of rotatable bonds is 4. The van der Waals surface area contributed by atoms with Crippen LogP contribution in [0.1, 0.15) is 15.4 Å². The third kappa shape index (κ3) is 3.18. The number of carbonyl (C=O) groups excluding carboxylic acids is 1. The van der Waals surface area contributed by atoms with Gasteiger partial charge < -0.3 is 5.32 Å². The van der Waals surface area contributed by atoms with E-state index in [1.165, 1.54) is 11.3 Å². The number of amides is 1. The van der Waals surface area contributed by atoms with Crippen molar-refractivity contribution in [2.45, 2.75) is 6.54 Å². The molecule has 0 aromatic carbocycles. The van der Waals surface area contributed by atoms with Crippen molar-refractivity contribution in [2.75, 3.05) is 0 Å². The molecule has 0 aliphatic rings. The van der Waals surface area contributed by atoms with Crippen LogP contribution in [0.3, 0.4) is 0 Å². The first kappa shape index (κ1) is 14.3. The Morgan fingerprint density at radius 3 is 2.95 bits per heavy atom. The number of hydrogen-bond donors (Lipinski definition) is 1. The van der Waals surface area contributed by atoms with Gasteiger partial charge in [-0.15, -0.1) is 22.7 Å². The lowest BCUT2D eigenvalue weighted by Gasteiger charge is -2.03. The third-order valence-electron chi connectivity index (χ3n) is 2.98. The van der Waals surface area contributed by atoms with Crippen LogP contribution in [0, 0.1) is 0 Å². The monoisotopic (exact) mass is 337 g/mol. The van der Waals surface area contributed by atoms with Gasteiger partial charge in [0.15, 0.2) is 0 Å². The Morgan fingerprint density at radius 2 is 2.29 bits per heavy atom. The standard InChI is InChI=1S/C14H12ClN3OS2/c1-18-9(7-10(17-18)11-3-2-6-20-11)8-16-14(19)12-4-5-13(15)21-12/h2-7H,8H2,1H3,(H,16,19). The molecule has 0 aliphatic carbocycles. The lowest BCUT2D eigenvalue weighted by Crippen LogP contribution is -2.23. The van der Waals surface area contributed by atoms with Crippen LogP contribution in [0.25, 0.3) is 10.6 Å². The van der Waals surface area contributed by atoms with Gasteiger partial charge in [0.2, 0.25) is 0 Å². The maximum absolute atomic E-state index is 12.0. The fourth-order valence-electron chi connectivity index (χ4n) is 1.91. The van der Waals surface area contributed by atoms with Crippen molar-refractivity contribution in [1.29, 1.82) is 0 Å². The van der Waals surface area contributed by atoms with E-state index in [-0.39, 0.29) is 5.91 Å². The largest absolute Gasteiger partial charge is 0.346 e. The van der Waals surface area contributed by atoms with Crippen LogP contribution in [-0.4, -0.2) is 15.7 Å². The van der Waals surface area contributed by atoms with Gasteiger partial charge in [-0.3, -0.25) is 9.48 Å². The van der Waals surface area contributed by atoms with Gasteiger partial charge in [0.05, 0.1) is 26.3 Å². The van der Waals surface area contributed by atoms with E-state index in [1.54, 1.807) is 28.2 Å². The Balaban J connectivity index is 1.69. The summed E-state index contributed by atoms with van der Waals surface area (Å²) in [6.07, 6.45) is 0. The molecule has 0 atom stereocenters. The van der Waals surface area contributed by atoms with Gasteiger partial charge in [-0.1, -0.05) is 17.7 Å². The molecule has 3 heterocycles. The molecule has 0 saturated carbocycles. The summed E-state index contributed by atoms with van der Waals surface area (Å²) in [6.45, 7) is 0.434. The van der Waals surface area contributed by atoms with Crippen molar-refractivity contribution < 1.29 is 4.79 Å². The van der Waals surface area contributed by atoms with Gasteiger partial charge in [-0.05, 0) is 29.6 Å². The Morgan fingerprint density at radius 1 is 1.43 bits per heavy atom. The topological polar surface area (TPSA) is 46.9 Å². The van der Waals surface area contributed by atoms with E-state index < -0.39 is 0 Å². The van der Waals surface area contributed by atoms with E-state index in [2.05, 4.69) is 10.4 Å². The van der Waals surface area contributed by atoms with Gasteiger partial charge in [0, 0.05) is 7.05 Å². The molecule has 7 heteroatoms. The summed E-state index contributed by atoms with van der Waals surface area (Å²) >= 11 is 8.75. The molecule has 108 valence electrons. The highest BCUT2D eigenvalue weighted by Crippen LogP contribution is 2.24. The average Bonchev–Trinajstić information content (AvgIpc) is 3.16. The zero-order valence-electron chi connectivity index (χ0n) is 11.2. The summed E-state index contributed by atoms with van der Waals surface area (Å²) in [5.41, 5.74) is 1.88. The lowest BCUT2D eigenvalue weighted by molar-refractivity contribution is 0.0954. The molecule has 0 aliphatic heterocycles. The number of nitrogens with one attached hydrogen (secondary N) is 1. The zero-order valence-corrected chi connectivity index (χ0v) is 13.6. The minimum atomic E-state index is -0.120. The van der Waals surface area contributed by atoms with Crippen LogP contribution in [-0.2, 0) is 13.6 Å². The number of carbonyl (C=O) groups is 1. The fourth-order valence-corrected chi connectivity index (χ4v) is 3.55. The third-order valence-corrected chi connectivity index (χ3v) is 5.10. The van der Waals surface area contributed by atoms with Crippen LogP contribution in [0.5, 0.6) is 0 Å². The van der Waals surface area contributed by atoms with E-state index in [1.807, 2.05) is 30.6 Å². The van der Waals surface area contributed by atoms with Crippen LogP contribution < -0.4 is 5.32 Å². The van der Waals surface area contributed by atoms with Gasteiger partial charge >= 0.3 is 0 Å². The molecule has 0 fully saturated rings. The number of nitrogens with zero attached hydrogens (tertiary/aromatic N) is 2. The molecule has 1 amide bonds. The lowest BCUT2D eigenvalue weighted by atomic mass is 10.3. The quantitative estimate of drug-likeness (QED) is 0.787. The fraction of sp³-hybridized carbons (Fsp3) is 0.143. The molecule has 3 aromatic heterocycles. The second kappa shape index (κ2) is 6.01. The molecule has 21 heavy (non-hydrogen) atoms. The summed E-state index contributed by atoms with van der Waals surface area (Å²) < 4.78 is 2.40. The van der Waals surface area contributed by atoms with E-state index in [0.717, 1.165) is 16.3 Å². The van der Waals surface area contributed by atoms with Crippen molar-refractivity contribution in [3.8, 4) is 10.6 Å². The van der Waals surface area contributed by atoms with Crippen LogP contribution in [0.2, 0.25) is 4.34 Å². The number of halogens is 1. The summed E-state index contributed by atoms with van der Waals surface area (Å²) in [6, 6.07) is 9.47. The summed E-state index contributed by atoms with van der Waals surface area (Å²) in [5.74, 6) is -0.120. The highest BCUT2D eigenvalue weighted by atomic mass is 35.5. The maximum atomic E-state index is 12.0. The predicted molar refractivity (Wildman–Crippen MR) is 87.0 cm³/mol. The molecule has 0 unspecified atom stereocenters. The molecule has 0 saturated heterocycles. The van der Waals surface area contributed by atoms with Crippen molar-refractivity contribution in [2.24, 2.45) is 7.05 Å². The molecule has 0 spiro atoms. The molecule has 3 rings (SSSR count). The molecular weight excluding hydrogens is 326 g/mol. The predicted octanol–water partition coefficient (Wildman–Crippen LogP) is 3.79. The van der Waals surface area contributed by atoms with Gasteiger partial charge in [-0.2, -0.15) is 5.10 Å². The zero-order chi connectivity index (χ0) is 14.8. The van der Waals surface area contributed by atoms with E-state index in [0.29, 0.717) is 15.8 Å². The molecule has 3 aromatic rings. The van der Waals surface area contributed by atoms with Crippen LogP contribution >= 0.6 is 34.3 Å². The Kier molecular flexibility index (Phi) is 4.10. The van der Waals surface area contributed by atoms with Crippen LogP contribution in [0.4, 0.5) is 0 Å². The van der Waals surface area contributed by atoms with Gasteiger partial charge in [0.1, 0.15) is 5.69 Å². The molecule has 4 nitrogen and oxygen atoms in total. The minimum absolute atomic E-state index is 0.120. The van der Waals surface area contributed by atoms with E-state index >= 15 is 0 Å². The Labute approximate surface area is 135 Å². The Bertz CT molecular complexity index is 761. The van der Waals surface area contributed by atoms with Gasteiger partial charge in [0.25, 0.3) is 5.91 Å². The maximum Gasteiger partial charge on any atom is 0.261 e.